The molecule has 2 atom stereocenters. The van der Waals surface area contributed by atoms with Gasteiger partial charge < -0.3 is 15.2 Å². The zero-order chi connectivity index (χ0) is 14.4. The molecule has 3 nitrogen and oxygen atoms in total. The van der Waals surface area contributed by atoms with Crippen molar-refractivity contribution in [1.82, 2.24) is 5.32 Å². The van der Waals surface area contributed by atoms with Crippen molar-refractivity contribution in [3.63, 3.8) is 0 Å². The van der Waals surface area contributed by atoms with Crippen LogP contribution in [0.4, 0.5) is 0 Å². The van der Waals surface area contributed by atoms with E-state index in [1.807, 2.05) is 0 Å². The number of aliphatic hydroxyl groups is 1. The molecule has 0 aromatic rings. The predicted octanol–water partition coefficient (Wildman–Crippen LogP) is 3.26. The van der Waals surface area contributed by atoms with E-state index >= 15 is 0 Å². The molecule has 3 heteroatoms. The third-order valence-corrected chi connectivity index (χ3v) is 5.47. The average Bonchev–Trinajstić information content (AvgIpc) is 2.47. The molecule has 2 fully saturated rings. The monoisotopic (exact) mass is 283 g/mol. The Hall–Kier alpha value is -0.120. The largest absolute Gasteiger partial charge is 0.392 e. The molecule has 1 spiro atoms. The van der Waals surface area contributed by atoms with E-state index < -0.39 is 0 Å². The van der Waals surface area contributed by atoms with Crippen LogP contribution >= 0.6 is 0 Å². The van der Waals surface area contributed by atoms with Gasteiger partial charge in [0, 0.05) is 19.2 Å². The summed E-state index contributed by atoms with van der Waals surface area (Å²) in [7, 11) is 0. The Morgan fingerprint density at radius 3 is 2.55 bits per heavy atom. The third-order valence-electron chi connectivity index (χ3n) is 5.47. The average molecular weight is 283 g/mol. The summed E-state index contributed by atoms with van der Waals surface area (Å²) >= 11 is 0. The van der Waals surface area contributed by atoms with E-state index in [9.17, 15) is 5.11 Å². The summed E-state index contributed by atoms with van der Waals surface area (Å²) in [6.45, 7) is 5.97. The molecule has 0 amide bonds. The lowest BCUT2D eigenvalue weighted by Crippen LogP contribution is -2.49. The first-order valence-corrected chi connectivity index (χ1v) is 8.74. The molecule has 1 aliphatic heterocycles. The van der Waals surface area contributed by atoms with Crippen molar-refractivity contribution >= 4 is 0 Å². The van der Waals surface area contributed by atoms with Gasteiger partial charge in [-0.1, -0.05) is 46.0 Å². The van der Waals surface area contributed by atoms with Gasteiger partial charge in [0.2, 0.25) is 0 Å². The van der Waals surface area contributed by atoms with E-state index in [0.717, 1.165) is 38.8 Å². The summed E-state index contributed by atoms with van der Waals surface area (Å²) in [5.74, 6) is 0.436. The lowest BCUT2D eigenvalue weighted by atomic mass is 9.78. The van der Waals surface area contributed by atoms with Crippen LogP contribution in [0.2, 0.25) is 0 Å². The van der Waals surface area contributed by atoms with Gasteiger partial charge in [0.1, 0.15) is 0 Å². The SMILES string of the molecule is CCC(CC)C(O)CNC1CCOC2(CCCCC2)C1. The van der Waals surface area contributed by atoms with Crippen molar-refractivity contribution in [2.24, 2.45) is 5.92 Å². The van der Waals surface area contributed by atoms with Gasteiger partial charge in [-0.2, -0.15) is 0 Å². The summed E-state index contributed by atoms with van der Waals surface area (Å²) in [5, 5.41) is 13.9. The Kier molecular flexibility index (Phi) is 6.31. The highest BCUT2D eigenvalue weighted by Crippen LogP contribution is 2.38. The van der Waals surface area contributed by atoms with Gasteiger partial charge in [-0.25, -0.2) is 0 Å². The quantitative estimate of drug-likeness (QED) is 0.786. The highest BCUT2D eigenvalue weighted by atomic mass is 16.5. The highest BCUT2D eigenvalue weighted by molar-refractivity contribution is 4.92. The first kappa shape index (κ1) is 16.3. The number of aliphatic hydroxyl groups excluding tert-OH is 1. The van der Waals surface area contributed by atoms with Crippen LogP contribution in [0.25, 0.3) is 0 Å². The maximum absolute atomic E-state index is 10.2. The van der Waals surface area contributed by atoms with Gasteiger partial charge in [0.25, 0.3) is 0 Å². The molecule has 0 aromatic heterocycles. The second-order valence-corrected chi connectivity index (χ2v) is 6.83. The molecule has 2 N–H and O–H groups in total. The molecule has 0 bridgehead atoms. The maximum atomic E-state index is 10.2. The molecule has 118 valence electrons. The van der Waals surface area contributed by atoms with Crippen LogP contribution in [0, 0.1) is 5.92 Å². The van der Waals surface area contributed by atoms with E-state index in [-0.39, 0.29) is 11.7 Å². The maximum Gasteiger partial charge on any atom is 0.0697 e. The summed E-state index contributed by atoms with van der Waals surface area (Å²) in [4.78, 5) is 0. The van der Waals surface area contributed by atoms with Crippen LogP contribution in [-0.4, -0.2) is 36.0 Å². The van der Waals surface area contributed by atoms with Gasteiger partial charge in [-0.05, 0) is 31.6 Å². The minimum absolute atomic E-state index is 0.161. The Morgan fingerprint density at radius 2 is 1.90 bits per heavy atom. The summed E-state index contributed by atoms with van der Waals surface area (Å²) in [5.41, 5.74) is 0.161. The van der Waals surface area contributed by atoms with Crippen LogP contribution in [0.15, 0.2) is 0 Å². The lowest BCUT2D eigenvalue weighted by Gasteiger charge is -2.44. The van der Waals surface area contributed by atoms with Crippen LogP contribution in [-0.2, 0) is 4.74 Å². The fourth-order valence-electron chi connectivity index (χ4n) is 4.03. The molecule has 2 unspecified atom stereocenters. The van der Waals surface area contributed by atoms with Crippen molar-refractivity contribution in [3.8, 4) is 0 Å². The number of hydrogen-bond donors (Lipinski definition) is 2. The van der Waals surface area contributed by atoms with Gasteiger partial charge in [0.05, 0.1) is 11.7 Å². The fourth-order valence-corrected chi connectivity index (χ4v) is 4.03. The normalized spacial score (nSPS) is 27.9. The molecule has 1 saturated carbocycles. The molecule has 0 aromatic carbocycles. The third kappa shape index (κ3) is 4.19. The van der Waals surface area contributed by atoms with E-state index in [1.165, 1.54) is 32.1 Å². The second kappa shape index (κ2) is 7.77. The summed E-state index contributed by atoms with van der Waals surface area (Å²) < 4.78 is 6.13. The Labute approximate surface area is 124 Å². The predicted molar refractivity (Wildman–Crippen MR) is 82.9 cm³/mol. The molecule has 20 heavy (non-hydrogen) atoms. The summed E-state index contributed by atoms with van der Waals surface area (Å²) in [6.07, 6.45) is 10.7. The van der Waals surface area contributed by atoms with Crippen LogP contribution in [0.5, 0.6) is 0 Å². The smallest absolute Gasteiger partial charge is 0.0697 e. The van der Waals surface area contributed by atoms with Gasteiger partial charge in [0.15, 0.2) is 0 Å². The minimum Gasteiger partial charge on any atom is -0.392 e. The first-order valence-electron chi connectivity index (χ1n) is 8.74. The van der Waals surface area contributed by atoms with Crippen molar-refractivity contribution < 1.29 is 9.84 Å². The zero-order valence-corrected chi connectivity index (χ0v) is 13.4. The molecule has 1 saturated heterocycles. The summed E-state index contributed by atoms with van der Waals surface area (Å²) in [6, 6.07) is 0.533. The number of hydrogen-bond acceptors (Lipinski definition) is 3. The number of ether oxygens (including phenoxy) is 1. The van der Waals surface area contributed by atoms with E-state index in [1.54, 1.807) is 0 Å². The topological polar surface area (TPSA) is 41.5 Å². The van der Waals surface area contributed by atoms with Crippen molar-refractivity contribution in [3.05, 3.63) is 0 Å². The molecule has 2 aliphatic rings. The van der Waals surface area contributed by atoms with Gasteiger partial charge in [-0.3, -0.25) is 0 Å². The first-order chi connectivity index (χ1) is 9.69. The minimum atomic E-state index is -0.199. The van der Waals surface area contributed by atoms with E-state index in [4.69, 9.17) is 4.74 Å². The van der Waals surface area contributed by atoms with Crippen molar-refractivity contribution in [2.45, 2.75) is 89.4 Å². The zero-order valence-electron chi connectivity index (χ0n) is 13.4. The van der Waals surface area contributed by atoms with Crippen LogP contribution < -0.4 is 5.32 Å². The number of rotatable bonds is 6. The second-order valence-electron chi connectivity index (χ2n) is 6.83. The molecule has 1 aliphatic carbocycles. The standard InChI is InChI=1S/C17H33NO2/c1-3-14(4-2)16(19)13-18-15-8-11-20-17(12-15)9-6-5-7-10-17/h14-16,18-19H,3-13H2,1-2H3. The Balaban J connectivity index is 1.78. The molecular weight excluding hydrogens is 250 g/mol. The Bertz CT molecular complexity index is 267. The van der Waals surface area contributed by atoms with Gasteiger partial charge >= 0.3 is 0 Å². The van der Waals surface area contributed by atoms with Gasteiger partial charge in [-0.15, -0.1) is 0 Å². The Morgan fingerprint density at radius 1 is 1.20 bits per heavy atom. The molecule has 2 rings (SSSR count). The van der Waals surface area contributed by atoms with Crippen molar-refractivity contribution in [2.75, 3.05) is 13.2 Å². The lowest BCUT2D eigenvalue weighted by molar-refractivity contribution is -0.110. The molecule has 1 heterocycles. The van der Waals surface area contributed by atoms with E-state index in [2.05, 4.69) is 19.2 Å². The van der Waals surface area contributed by atoms with E-state index in [0.29, 0.717) is 12.0 Å². The molecule has 0 radical (unpaired) electrons. The number of nitrogens with one attached hydrogen (secondary N) is 1. The fraction of sp³-hybridized carbons (Fsp3) is 1.00. The van der Waals surface area contributed by atoms with Crippen LogP contribution in [0.3, 0.4) is 0 Å². The van der Waals surface area contributed by atoms with Crippen molar-refractivity contribution in [1.29, 1.82) is 0 Å². The van der Waals surface area contributed by atoms with Crippen LogP contribution in [0.1, 0.15) is 71.6 Å². The highest BCUT2D eigenvalue weighted by Gasteiger charge is 2.38. The molecular formula is C17H33NO2.